The highest BCUT2D eigenvalue weighted by Gasteiger charge is 2.11. The van der Waals surface area contributed by atoms with Crippen molar-refractivity contribution in [2.24, 2.45) is 0 Å². The SMILES string of the molecule is CCCc1ccc(/C=C/c2ccc3c(c2)OCC(C=O)=C3)c(OC)c1. The quantitative estimate of drug-likeness (QED) is 0.563. The van der Waals surface area contributed by atoms with Crippen molar-refractivity contribution < 1.29 is 14.3 Å². The van der Waals surface area contributed by atoms with Crippen molar-refractivity contribution in [1.29, 1.82) is 0 Å². The van der Waals surface area contributed by atoms with Crippen LogP contribution in [0.25, 0.3) is 18.2 Å². The molecule has 25 heavy (non-hydrogen) atoms. The van der Waals surface area contributed by atoms with Gasteiger partial charge in [0.05, 0.1) is 7.11 Å². The van der Waals surface area contributed by atoms with Crippen molar-refractivity contribution in [1.82, 2.24) is 0 Å². The molecular formula is C22H22O3. The lowest BCUT2D eigenvalue weighted by Gasteiger charge is -2.15. The number of fused-ring (bicyclic) bond motifs is 1. The molecule has 0 aliphatic carbocycles. The summed E-state index contributed by atoms with van der Waals surface area (Å²) in [6, 6.07) is 12.3. The van der Waals surface area contributed by atoms with Crippen molar-refractivity contribution in [2.75, 3.05) is 13.7 Å². The fourth-order valence-electron chi connectivity index (χ4n) is 2.89. The van der Waals surface area contributed by atoms with E-state index in [1.54, 1.807) is 7.11 Å². The Labute approximate surface area is 148 Å². The van der Waals surface area contributed by atoms with Crippen LogP contribution in [0.2, 0.25) is 0 Å². The number of benzene rings is 2. The first-order valence-electron chi connectivity index (χ1n) is 8.51. The second kappa shape index (κ2) is 7.84. The molecule has 3 rings (SSSR count). The molecule has 1 aliphatic heterocycles. The van der Waals surface area contributed by atoms with Gasteiger partial charge in [0.15, 0.2) is 0 Å². The molecule has 128 valence electrons. The van der Waals surface area contributed by atoms with E-state index < -0.39 is 0 Å². The second-order valence-electron chi connectivity index (χ2n) is 6.08. The minimum Gasteiger partial charge on any atom is -0.496 e. The van der Waals surface area contributed by atoms with Crippen molar-refractivity contribution in [2.45, 2.75) is 19.8 Å². The van der Waals surface area contributed by atoms with E-state index >= 15 is 0 Å². The predicted molar refractivity (Wildman–Crippen MR) is 102 cm³/mol. The van der Waals surface area contributed by atoms with Crippen LogP contribution >= 0.6 is 0 Å². The van der Waals surface area contributed by atoms with Crippen LogP contribution in [-0.4, -0.2) is 20.0 Å². The summed E-state index contributed by atoms with van der Waals surface area (Å²) in [6.07, 6.45) is 8.97. The van der Waals surface area contributed by atoms with E-state index in [9.17, 15) is 4.79 Å². The smallest absolute Gasteiger partial charge is 0.149 e. The summed E-state index contributed by atoms with van der Waals surface area (Å²) >= 11 is 0. The van der Waals surface area contributed by atoms with Crippen molar-refractivity contribution in [3.05, 3.63) is 64.2 Å². The molecule has 1 heterocycles. The van der Waals surface area contributed by atoms with Gasteiger partial charge in [-0.1, -0.05) is 49.8 Å². The molecular weight excluding hydrogens is 312 g/mol. The van der Waals surface area contributed by atoms with Crippen molar-refractivity contribution in [3.63, 3.8) is 0 Å². The van der Waals surface area contributed by atoms with Gasteiger partial charge in [0.25, 0.3) is 0 Å². The van der Waals surface area contributed by atoms with Gasteiger partial charge in [-0.25, -0.2) is 0 Å². The van der Waals surface area contributed by atoms with E-state index in [-0.39, 0.29) is 0 Å². The largest absolute Gasteiger partial charge is 0.496 e. The molecule has 0 bridgehead atoms. The number of aryl methyl sites for hydroxylation is 1. The Bertz CT molecular complexity index is 831. The van der Waals surface area contributed by atoms with E-state index in [1.165, 1.54) is 5.56 Å². The maximum Gasteiger partial charge on any atom is 0.149 e. The molecule has 0 amide bonds. The second-order valence-corrected chi connectivity index (χ2v) is 6.08. The Morgan fingerprint density at radius 3 is 2.80 bits per heavy atom. The third-order valence-corrected chi connectivity index (χ3v) is 4.22. The van der Waals surface area contributed by atoms with E-state index in [0.29, 0.717) is 12.2 Å². The highest BCUT2D eigenvalue weighted by Crippen LogP contribution is 2.28. The molecule has 0 fully saturated rings. The van der Waals surface area contributed by atoms with Gasteiger partial charge < -0.3 is 9.47 Å². The Kier molecular flexibility index (Phi) is 5.34. The zero-order valence-electron chi connectivity index (χ0n) is 14.6. The van der Waals surface area contributed by atoms with E-state index in [0.717, 1.165) is 47.3 Å². The summed E-state index contributed by atoms with van der Waals surface area (Å²) in [4.78, 5) is 10.9. The van der Waals surface area contributed by atoms with E-state index in [4.69, 9.17) is 9.47 Å². The summed E-state index contributed by atoms with van der Waals surface area (Å²) < 4.78 is 11.2. The monoisotopic (exact) mass is 334 g/mol. The topological polar surface area (TPSA) is 35.5 Å². The minimum absolute atomic E-state index is 0.330. The van der Waals surface area contributed by atoms with Crippen molar-refractivity contribution in [3.8, 4) is 11.5 Å². The molecule has 2 aromatic carbocycles. The molecule has 0 saturated heterocycles. The maximum absolute atomic E-state index is 10.9. The fraction of sp³-hybridized carbons (Fsp3) is 0.227. The first kappa shape index (κ1) is 17.0. The predicted octanol–water partition coefficient (Wildman–Crippen LogP) is 4.79. The minimum atomic E-state index is 0.330. The molecule has 1 aliphatic rings. The average Bonchev–Trinajstić information content (AvgIpc) is 2.66. The number of rotatable bonds is 6. The number of aldehydes is 1. The molecule has 3 heteroatoms. The summed E-state index contributed by atoms with van der Waals surface area (Å²) in [5.74, 6) is 1.69. The van der Waals surface area contributed by atoms with Crippen LogP contribution in [0.1, 0.15) is 35.6 Å². The first-order chi connectivity index (χ1) is 12.2. The molecule has 0 spiro atoms. The summed E-state index contributed by atoms with van der Waals surface area (Å²) in [7, 11) is 1.70. The molecule has 0 N–H and O–H groups in total. The van der Waals surface area contributed by atoms with Gasteiger partial charge in [-0.2, -0.15) is 0 Å². The van der Waals surface area contributed by atoms with Crippen LogP contribution in [0.3, 0.4) is 0 Å². The standard InChI is InChI=1S/C22H22O3/c1-3-4-16-5-8-19(21(12-16)24-2)9-6-17-7-10-20-11-18(14-23)15-25-22(20)13-17/h5-14H,3-4,15H2,1-2H3/b9-6+. The Balaban J connectivity index is 1.83. The van der Waals surface area contributed by atoms with Gasteiger partial charge in [-0.15, -0.1) is 0 Å². The normalized spacial score (nSPS) is 13.1. The molecule has 0 unspecified atom stereocenters. The van der Waals surface area contributed by atoms with Gasteiger partial charge in [0.2, 0.25) is 0 Å². The highest BCUT2D eigenvalue weighted by molar-refractivity contribution is 5.85. The van der Waals surface area contributed by atoms with Gasteiger partial charge in [-0.05, 0) is 35.8 Å². The van der Waals surface area contributed by atoms with E-state index in [1.807, 2.05) is 36.4 Å². The number of methoxy groups -OCH3 is 1. The Morgan fingerprint density at radius 2 is 2.04 bits per heavy atom. The van der Waals surface area contributed by atoms with Crippen LogP contribution in [0.5, 0.6) is 11.5 Å². The number of ether oxygens (including phenoxy) is 2. The van der Waals surface area contributed by atoms with Gasteiger partial charge in [-0.3, -0.25) is 4.79 Å². The highest BCUT2D eigenvalue weighted by atomic mass is 16.5. The fourth-order valence-corrected chi connectivity index (χ4v) is 2.89. The third kappa shape index (κ3) is 4.00. The van der Waals surface area contributed by atoms with Crippen LogP contribution in [0.15, 0.2) is 42.0 Å². The average molecular weight is 334 g/mol. The number of carbonyl (C=O) groups excluding carboxylic acids is 1. The molecule has 3 nitrogen and oxygen atoms in total. The Hall–Kier alpha value is -2.81. The number of hydrogen-bond acceptors (Lipinski definition) is 3. The maximum atomic E-state index is 10.9. The molecule has 2 aromatic rings. The summed E-state index contributed by atoms with van der Waals surface area (Å²) in [6.45, 7) is 2.50. The lowest BCUT2D eigenvalue weighted by Crippen LogP contribution is -2.07. The van der Waals surface area contributed by atoms with Crippen LogP contribution in [0.4, 0.5) is 0 Å². The van der Waals surface area contributed by atoms with Gasteiger partial charge >= 0.3 is 0 Å². The first-order valence-corrected chi connectivity index (χ1v) is 8.51. The molecule has 0 aromatic heterocycles. The lowest BCUT2D eigenvalue weighted by atomic mass is 10.0. The lowest BCUT2D eigenvalue weighted by molar-refractivity contribution is -0.105. The third-order valence-electron chi connectivity index (χ3n) is 4.22. The zero-order valence-corrected chi connectivity index (χ0v) is 14.6. The van der Waals surface area contributed by atoms with E-state index in [2.05, 4.69) is 25.1 Å². The van der Waals surface area contributed by atoms with Gasteiger partial charge in [0, 0.05) is 16.7 Å². The van der Waals surface area contributed by atoms with Crippen LogP contribution < -0.4 is 9.47 Å². The number of hydrogen-bond donors (Lipinski definition) is 0. The van der Waals surface area contributed by atoms with Crippen LogP contribution in [0, 0.1) is 0 Å². The van der Waals surface area contributed by atoms with Crippen LogP contribution in [-0.2, 0) is 11.2 Å². The molecule has 0 atom stereocenters. The molecule has 0 radical (unpaired) electrons. The molecule has 0 saturated carbocycles. The summed E-state index contributed by atoms with van der Waals surface area (Å²) in [5.41, 5.74) is 4.97. The Morgan fingerprint density at radius 1 is 1.16 bits per heavy atom. The number of carbonyl (C=O) groups is 1. The summed E-state index contributed by atoms with van der Waals surface area (Å²) in [5, 5.41) is 0. The van der Waals surface area contributed by atoms with Gasteiger partial charge in [0.1, 0.15) is 24.4 Å². The van der Waals surface area contributed by atoms with Crippen molar-refractivity contribution >= 4 is 24.5 Å². The zero-order chi connectivity index (χ0) is 17.6.